The Morgan fingerprint density at radius 3 is 2.89 bits per heavy atom. The average molecular weight is 247 g/mol. The van der Waals surface area contributed by atoms with Crippen molar-refractivity contribution in [3.05, 3.63) is 59.2 Å². The fourth-order valence-corrected chi connectivity index (χ4v) is 1.73. The van der Waals surface area contributed by atoms with Crippen LogP contribution in [0.15, 0.2) is 36.7 Å². The quantitative estimate of drug-likeness (QED) is 0.903. The van der Waals surface area contributed by atoms with Gasteiger partial charge in [0.25, 0.3) is 0 Å². The number of halogens is 1. The molecule has 0 unspecified atom stereocenters. The van der Waals surface area contributed by atoms with Crippen LogP contribution in [0.25, 0.3) is 0 Å². The summed E-state index contributed by atoms with van der Waals surface area (Å²) in [4.78, 5) is 3.76. The van der Waals surface area contributed by atoms with Crippen molar-refractivity contribution in [1.82, 2.24) is 4.98 Å². The van der Waals surface area contributed by atoms with Crippen LogP contribution >= 0.6 is 0 Å². The number of pyridine rings is 1. The van der Waals surface area contributed by atoms with Crippen molar-refractivity contribution in [3.8, 4) is 5.75 Å². The highest BCUT2D eigenvalue weighted by molar-refractivity contribution is 5.40. The fourth-order valence-electron chi connectivity index (χ4n) is 1.73. The van der Waals surface area contributed by atoms with Gasteiger partial charge in [0.2, 0.25) is 0 Å². The number of ether oxygens (including phenoxy) is 1. The molecule has 1 aromatic carbocycles. The maximum atomic E-state index is 13.0. The summed E-state index contributed by atoms with van der Waals surface area (Å²) in [6.45, 7) is 2.04. The minimum absolute atomic E-state index is 0.0849. The van der Waals surface area contributed by atoms with Crippen LogP contribution in [0.5, 0.6) is 5.75 Å². The largest absolute Gasteiger partial charge is 0.488 e. The second kappa shape index (κ2) is 5.60. The standard InChI is InChI=1S/C14H14FNO2/c1-10-3-2-4-12(8-17)14(10)18-9-11-5-13(15)7-16-6-11/h2-7,17H,8-9H2,1H3. The van der Waals surface area contributed by atoms with Gasteiger partial charge >= 0.3 is 0 Å². The van der Waals surface area contributed by atoms with Crippen molar-refractivity contribution in [2.45, 2.75) is 20.1 Å². The summed E-state index contributed by atoms with van der Waals surface area (Å²) in [5, 5.41) is 9.23. The van der Waals surface area contributed by atoms with E-state index < -0.39 is 0 Å². The highest BCUT2D eigenvalue weighted by Gasteiger charge is 2.06. The zero-order valence-electron chi connectivity index (χ0n) is 10.1. The van der Waals surface area contributed by atoms with Crippen molar-refractivity contribution in [2.24, 2.45) is 0 Å². The Balaban J connectivity index is 2.15. The highest BCUT2D eigenvalue weighted by atomic mass is 19.1. The summed E-state index contributed by atoms with van der Waals surface area (Å²) in [5.41, 5.74) is 2.31. The topological polar surface area (TPSA) is 42.4 Å². The lowest BCUT2D eigenvalue weighted by molar-refractivity contribution is 0.257. The molecule has 0 saturated carbocycles. The molecule has 0 bridgehead atoms. The molecule has 0 saturated heterocycles. The van der Waals surface area contributed by atoms with Gasteiger partial charge in [0, 0.05) is 17.3 Å². The molecule has 18 heavy (non-hydrogen) atoms. The van der Waals surface area contributed by atoms with Crippen LogP contribution < -0.4 is 4.74 Å². The van der Waals surface area contributed by atoms with E-state index in [4.69, 9.17) is 4.74 Å². The Bertz CT molecular complexity index is 543. The number of aliphatic hydroxyl groups is 1. The molecule has 0 radical (unpaired) electrons. The van der Waals surface area contributed by atoms with Gasteiger partial charge in [-0.2, -0.15) is 0 Å². The summed E-state index contributed by atoms with van der Waals surface area (Å²) < 4.78 is 18.6. The molecule has 0 aliphatic heterocycles. The van der Waals surface area contributed by atoms with Crippen molar-refractivity contribution in [3.63, 3.8) is 0 Å². The Morgan fingerprint density at radius 2 is 2.17 bits per heavy atom. The van der Waals surface area contributed by atoms with Gasteiger partial charge in [-0.05, 0) is 18.6 Å². The van der Waals surface area contributed by atoms with Crippen molar-refractivity contribution in [2.75, 3.05) is 0 Å². The number of aliphatic hydroxyl groups excluding tert-OH is 1. The summed E-state index contributed by atoms with van der Waals surface area (Å²) in [7, 11) is 0. The maximum Gasteiger partial charge on any atom is 0.141 e. The molecule has 0 fully saturated rings. The van der Waals surface area contributed by atoms with Crippen molar-refractivity contribution >= 4 is 0 Å². The predicted molar refractivity (Wildman–Crippen MR) is 65.6 cm³/mol. The van der Waals surface area contributed by atoms with Crippen LogP contribution in [0.4, 0.5) is 4.39 Å². The Morgan fingerprint density at radius 1 is 1.33 bits per heavy atom. The van der Waals surface area contributed by atoms with Crippen LogP contribution in [-0.4, -0.2) is 10.1 Å². The molecule has 1 N–H and O–H groups in total. The van der Waals surface area contributed by atoms with E-state index in [9.17, 15) is 9.50 Å². The minimum atomic E-state index is -0.386. The SMILES string of the molecule is Cc1cccc(CO)c1OCc1cncc(F)c1. The van der Waals surface area contributed by atoms with Crippen molar-refractivity contribution < 1.29 is 14.2 Å². The maximum absolute atomic E-state index is 13.0. The average Bonchev–Trinajstić information content (AvgIpc) is 2.37. The zero-order chi connectivity index (χ0) is 13.0. The normalized spacial score (nSPS) is 10.4. The molecule has 0 aliphatic carbocycles. The van der Waals surface area contributed by atoms with Crippen LogP contribution in [0, 0.1) is 12.7 Å². The highest BCUT2D eigenvalue weighted by Crippen LogP contribution is 2.24. The lowest BCUT2D eigenvalue weighted by Crippen LogP contribution is -2.01. The molecule has 94 valence electrons. The molecular weight excluding hydrogens is 233 g/mol. The third-order valence-corrected chi connectivity index (χ3v) is 2.61. The van der Waals surface area contributed by atoms with Crippen molar-refractivity contribution in [1.29, 1.82) is 0 Å². The Labute approximate surface area is 105 Å². The molecule has 0 aliphatic rings. The lowest BCUT2D eigenvalue weighted by atomic mass is 10.1. The van der Waals surface area contributed by atoms with E-state index in [2.05, 4.69) is 4.98 Å². The van der Waals surface area contributed by atoms with Crippen LogP contribution in [0.1, 0.15) is 16.7 Å². The Kier molecular flexibility index (Phi) is 3.89. The molecule has 0 spiro atoms. The summed E-state index contributed by atoms with van der Waals surface area (Å²) in [6, 6.07) is 6.94. The third kappa shape index (κ3) is 2.84. The van der Waals surface area contributed by atoms with Crippen LogP contribution in [0.2, 0.25) is 0 Å². The van der Waals surface area contributed by atoms with E-state index in [-0.39, 0.29) is 19.0 Å². The van der Waals surface area contributed by atoms with E-state index in [1.807, 2.05) is 19.1 Å². The smallest absolute Gasteiger partial charge is 0.141 e. The van der Waals surface area contributed by atoms with Gasteiger partial charge in [-0.3, -0.25) is 4.98 Å². The van der Waals surface area contributed by atoms with Gasteiger partial charge in [-0.25, -0.2) is 4.39 Å². The first-order chi connectivity index (χ1) is 8.70. The van der Waals surface area contributed by atoms with Gasteiger partial charge < -0.3 is 9.84 Å². The van der Waals surface area contributed by atoms with Gasteiger partial charge in [0.15, 0.2) is 0 Å². The first-order valence-electron chi connectivity index (χ1n) is 5.62. The van der Waals surface area contributed by atoms with E-state index in [1.165, 1.54) is 6.07 Å². The number of aromatic nitrogens is 1. The zero-order valence-corrected chi connectivity index (χ0v) is 10.1. The summed E-state index contributed by atoms with van der Waals surface area (Å²) in [6.07, 6.45) is 2.70. The number of para-hydroxylation sites is 1. The first kappa shape index (κ1) is 12.5. The van der Waals surface area contributed by atoms with E-state index in [0.29, 0.717) is 11.3 Å². The molecule has 4 heteroatoms. The van der Waals surface area contributed by atoms with Crippen LogP contribution in [-0.2, 0) is 13.2 Å². The fraction of sp³-hybridized carbons (Fsp3) is 0.214. The van der Waals surface area contributed by atoms with Gasteiger partial charge in [0.1, 0.15) is 18.2 Å². The van der Waals surface area contributed by atoms with Gasteiger partial charge in [-0.15, -0.1) is 0 Å². The molecule has 3 nitrogen and oxygen atoms in total. The molecule has 2 aromatic rings. The number of nitrogens with zero attached hydrogens (tertiary/aromatic N) is 1. The van der Waals surface area contributed by atoms with E-state index in [1.54, 1.807) is 12.3 Å². The molecule has 1 aromatic heterocycles. The summed E-state index contributed by atoms with van der Waals surface area (Å²) in [5.74, 6) is 0.257. The predicted octanol–water partition coefficient (Wildman–Crippen LogP) is 2.60. The summed E-state index contributed by atoms with van der Waals surface area (Å²) >= 11 is 0. The molecule has 1 heterocycles. The minimum Gasteiger partial charge on any atom is -0.488 e. The molecule has 0 amide bonds. The van der Waals surface area contributed by atoms with Gasteiger partial charge in [0.05, 0.1) is 12.8 Å². The second-order valence-electron chi connectivity index (χ2n) is 4.02. The molecular formula is C14H14FNO2. The number of hydrogen-bond acceptors (Lipinski definition) is 3. The van der Waals surface area contributed by atoms with Crippen LogP contribution in [0.3, 0.4) is 0 Å². The number of rotatable bonds is 4. The lowest BCUT2D eigenvalue weighted by Gasteiger charge is -2.12. The molecule has 2 rings (SSSR count). The Hall–Kier alpha value is -1.94. The monoisotopic (exact) mass is 247 g/mol. The second-order valence-corrected chi connectivity index (χ2v) is 4.02. The van der Waals surface area contributed by atoms with E-state index in [0.717, 1.165) is 17.3 Å². The molecule has 0 atom stereocenters. The van der Waals surface area contributed by atoms with Gasteiger partial charge in [-0.1, -0.05) is 18.2 Å². The number of aryl methyl sites for hydroxylation is 1. The third-order valence-electron chi connectivity index (χ3n) is 2.61. The first-order valence-corrected chi connectivity index (χ1v) is 5.62. The number of hydrogen-bond donors (Lipinski definition) is 1. The number of benzene rings is 1. The van der Waals surface area contributed by atoms with E-state index >= 15 is 0 Å².